The number of rotatable bonds is 2. The lowest BCUT2D eigenvalue weighted by atomic mass is 9.87. The van der Waals surface area contributed by atoms with Gasteiger partial charge in [0.05, 0.1) is 0 Å². The Kier molecular flexibility index (Phi) is 6.98. The average Bonchev–Trinajstić information content (AvgIpc) is 2.61. The molecule has 3 nitrogen and oxygen atoms in total. The molecule has 2 heterocycles. The molecule has 4 rings (SSSR count). The first-order valence-corrected chi connectivity index (χ1v) is 8.96. The number of fused-ring (bicyclic) bond motifs is 1. The van der Waals surface area contributed by atoms with Gasteiger partial charge in [-0.25, -0.2) is 0 Å². The molecule has 26 heavy (non-hydrogen) atoms. The van der Waals surface area contributed by atoms with Crippen molar-refractivity contribution in [3.8, 4) is 16.9 Å². The highest BCUT2D eigenvalue weighted by Crippen LogP contribution is 2.44. The van der Waals surface area contributed by atoms with Gasteiger partial charge in [-0.05, 0) is 37.1 Å². The fourth-order valence-corrected chi connectivity index (χ4v) is 3.95. The van der Waals surface area contributed by atoms with E-state index in [1.165, 1.54) is 16.7 Å². The summed E-state index contributed by atoms with van der Waals surface area (Å²) < 4.78 is 6.29. The van der Waals surface area contributed by atoms with Gasteiger partial charge in [0.15, 0.2) is 0 Å². The fraction of sp³-hybridized carbons (Fsp3) is 0.429. The molecule has 0 aliphatic carbocycles. The minimum Gasteiger partial charge on any atom is -0.487 e. The number of hydrogen-bond acceptors (Lipinski definition) is 3. The van der Waals surface area contributed by atoms with E-state index in [4.69, 9.17) is 4.74 Å². The molecule has 0 bridgehead atoms. The van der Waals surface area contributed by atoms with Gasteiger partial charge in [0.1, 0.15) is 11.4 Å². The number of hydrogen-bond donors (Lipinski definition) is 1. The van der Waals surface area contributed by atoms with Crippen molar-refractivity contribution in [2.24, 2.45) is 0 Å². The van der Waals surface area contributed by atoms with E-state index in [0.29, 0.717) is 6.04 Å². The van der Waals surface area contributed by atoms with Crippen molar-refractivity contribution in [2.75, 3.05) is 26.2 Å². The number of benzene rings is 2. The highest BCUT2D eigenvalue weighted by molar-refractivity contribution is 5.85. The van der Waals surface area contributed by atoms with E-state index in [0.717, 1.165) is 38.3 Å². The van der Waals surface area contributed by atoms with Crippen molar-refractivity contribution in [3.63, 3.8) is 0 Å². The number of ether oxygens (including phenoxy) is 1. The molecule has 1 saturated heterocycles. The van der Waals surface area contributed by atoms with E-state index >= 15 is 0 Å². The normalized spacial score (nSPS) is 21.5. The van der Waals surface area contributed by atoms with E-state index < -0.39 is 0 Å². The van der Waals surface area contributed by atoms with Gasteiger partial charge in [-0.1, -0.05) is 36.4 Å². The molecule has 142 valence electrons. The van der Waals surface area contributed by atoms with Crippen LogP contribution in [0.25, 0.3) is 11.1 Å². The van der Waals surface area contributed by atoms with Crippen LogP contribution in [0.5, 0.6) is 5.75 Å². The molecule has 1 unspecified atom stereocenters. The molecule has 0 amide bonds. The SMILES string of the molecule is CC1(C)CC(N2CCNCC2)c2cc(-c3ccccc3)ccc2O1.Cl.Cl. The minimum atomic E-state index is -0.114. The predicted octanol–water partition coefficient (Wildman–Crippen LogP) is 4.70. The van der Waals surface area contributed by atoms with Crippen LogP contribution in [-0.2, 0) is 0 Å². The second-order valence-electron chi connectivity index (χ2n) is 7.49. The molecule has 1 atom stereocenters. The molecule has 1 N–H and O–H groups in total. The Morgan fingerprint density at radius 2 is 1.65 bits per heavy atom. The molecule has 0 spiro atoms. The topological polar surface area (TPSA) is 24.5 Å². The first-order chi connectivity index (χ1) is 11.6. The summed E-state index contributed by atoms with van der Waals surface area (Å²) >= 11 is 0. The van der Waals surface area contributed by atoms with E-state index in [9.17, 15) is 0 Å². The van der Waals surface area contributed by atoms with Gasteiger partial charge in [-0.3, -0.25) is 4.90 Å². The van der Waals surface area contributed by atoms with Crippen LogP contribution < -0.4 is 10.1 Å². The first kappa shape index (κ1) is 21.0. The van der Waals surface area contributed by atoms with Crippen molar-refractivity contribution in [2.45, 2.75) is 31.9 Å². The van der Waals surface area contributed by atoms with Gasteiger partial charge in [0.25, 0.3) is 0 Å². The maximum absolute atomic E-state index is 6.29. The van der Waals surface area contributed by atoms with Crippen LogP contribution >= 0.6 is 24.8 Å². The second-order valence-corrected chi connectivity index (χ2v) is 7.49. The second kappa shape index (κ2) is 8.62. The Balaban J connectivity index is 0.00000121. The summed E-state index contributed by atoms with van der Waals surface area (Å²) in [5, 5.41) is 3.46. The molecule has 5 heteroatoms. The molecule has 2 aromatic carbocycles. The number of piperazine rings is 1. The molecule has 0 saturated carbocycles. The van der Waals surface area contributed by atoms with Crippen molar-refractivity contribution >= 4 is 24.8 Å². The molecule has 0 aromatic heterocycles. The zero-order chi connectivity index (χ0) is 16.6. The maximum Gasteiger partial charge on any atom is 0.124 e. The van der Waals surface area contributed by atoms with Crippen LogP contribution in [0, 0.1) is 0 Å². The third-order valence-corrected chi connectivity index (χ3v) is 5.14. The summed E-state index contributed by atoms with van der Waals surface area (Å²) in [7, 11) is 0. The quantitative estimate of drug-likeness (QED) is 0.798. The van der Waals surface area contributed by atoms with E-state index in [2.05, 4.69) is 72.6 Å². The summed E-state index contributed by atoms with van der Waals surface area (Å²) in [5.74, 6) is 1.05. The van der Waals surface area contributed by atoms with Crippen molar-refractivity contribution in [1.29, 1.82) is 0 Å². The van der Waals surface area contributed by atoms with Crippen LogP contribution in [-0.4, -0.2) is 36.7 Å². The van der Waals surface area contributed by atoms with Crippen LogP contribution in [0.15, 0.2) is 48.5 Å². The largest absolute Gasteiger partial charge is 0.487 e. The summed E-state index contributed by atoms with van der Waals surface area (Å²) in [6, 6.07) is 17.7. The molecular weight excluding hydrogens is 367 g/mol. The van der Waals surface area contributed by atoms with Crippen LogP contribution in [0.3, 0.4) is 0 Å². The van der Waals surface area contributed by atoms with Crippen molar-refractivity contribution in [3.05, 3.63) is 54.1 Å². The molecule has 1 fully saturated rings. The van der Waals surface area contributed by atoms with Gasteiger partial charge in [-0.2, -0.15) is 0 Å². The minimum absolute atomic E-state index is 0. The van der Waals surface area contributed by atoms with Crippen LogP contribution in [0.1, 0.15) is 31.9 Å². The van der Waals surface area contributed by atoms with Gasteiger partial charge >= 0.3 is 0 Å². The smallest absolute Gasteiger partial charge is 0.124 e. The number of nitrogens with one attached hydrogen (secondary N) is 1. The van der Waals surface area contributed by atoms with E-state index in [-0.39, 0.29) is 30.4 Å². The predicted molar refractivity (Wildman–Crippen MR) is 113 cm³/mol. The lowest BCUT2D eigenvalue weighted by Gasteiger charge is -2.44. The van der Waals surface area contributed by atoms with Crippen molar-refractivity contribution < 1.29 is 4.74 Å². The highest BCUT2D eigenvalue weighted by atomic mass is 35.5. The molecule has 2 aromatic rings. The average molecular weight is 395 g/mol. The first-order valence-electron chi connectivity index (χ1n) is 8.96. The van der Waals surface area contributed by atoms with Crippen LogP contribution in [0.2, 0.25) is 0 Å². The summed E-state index contributed by atoms with van der Waals surface area (Å²) in [6.07, 6.45) is 1.04. The van der Waals surface area contributed by atoms with Crippen LogP contribution in [0.4, 0.5) is 0 Å². The summed E-state index contributed by atoms with van der Waals surface area (Å²) in [5.41, 5.74) is 3.77. The fourth-order valence-electron chi connectivity index (χ4n) is 3.95. The zero-order valence-corrected chi connectivity index (χ0v) is 17.0. The van der Waals surface area contributed by atoms with Gasteiger partial charge in [0, 0.05) is 44.2 Å². The summed E-state index contributed by atoms with van der Waals surface area (Å²) in [6.45, 7) is 8.77. The van der Waals surface area contributed by atoms with Crippen molar-refractivity contribution in [1.82, 2.24) is 10.2 Å². The Morgan fingerprint density at radius 3 is 2.35 bits per heavy atom. The standard InChI is InChI=1S/C21H26N2O.2ClH/c1-21(2)15-19(23-12-10-22-11-13-23)18-14-17(8-9-20(18)24-21)16-6-4-3-5-7-16;;/h3-9,14,19,22H,10-13,15H2,1-2H3;2*1H. The molecule has 2 aliphatic rings. The molecule has 0 radical (unpaired) electrons. The Hall–Kier alpha value is -1.26. The highest BCUT2D eigenvalue weighted by Gasteiger charge is 2.37. The maximum atomic E-state index is 6.29. The third-order valence-electron chi connectivity index (χ3n) is 5.14. The Bertz CT molecular complexity index is 715. The van der Waals surface area contributed by atoms with Gasteiger partial charge < -0.3 is 10.1 Å². The number of halogens is 2. The molecular formula is C21H28Cl2N2O. The third kappa shape index (κ3) is 4.34. The van der Waals surface area contributed by atoms with E-state index in [1.807, 2.05) is 0 Å². The number of nitrogens with zero attached hydrogens (tertiary/aromatic N) is 1. The lowest BCUT2D eigenvalue weighted by Crippen LogP contribution is -2.48. The Labute approximate surface area is 168 Å². The van der Waals surface area contributed by atoms with Gasteiger partial charge in [-0.15, -0.1) is 24.8 Å². The zero-order valence-electron chi connectivity index (χ0n) is 15.4. The van der Waals surface area contributed by atoms with E-state index in [1.54, 1.807) is 0 Å². The molecule has 2 aliphatic heterocycles. The lowest BCUT2D eigenvalue weighted by molar-refractivity contribution is 0.0260. The monoisotopic (exact) mass is 394 g/mol. The summed E-state index contributed by atoms with van der Waals surface area (Å²) in [4.78, 5) is 2.62. The Morgan fingerprint density at radius 1 is 0.962 bits per heavy atom. The van der Waals surface area contributed by atoms with Gasteiger partial charge in [0.2, 0.25) is 0 Å².